The molecule has 6 nitrogen and oxygen atoms in total. The third-order valence-electron chi connectivity index (χ3n) is 4.05. The van der Waals surface area contributed by atoms with Crippen molar-refractivity contribution < 1.29 is 8.91 Å². The molecule has 27 heavy (non-hydrogen) atoms. The van der Waals surface area contributed by atoms with Crippen LogP contribution in [0.5, 0.6) is 0 Å². The lowest BCUT2D eigenvalue weighted by Gasteiger charge is -2.13. The molecule has 0 saturated carbocycles. The van der Waals surface area contributed by atoms with Crippen LogP contribution in [0.25, 0.3) is 22.5 Å². The zero-order chi connectivity index (χ0) is 18.3. The summed E-state index contributed by atoms with van der Waals surface area (Å²) in [6, 6.07) is 8.70. The first kappa shape index (κ1) is 18.7. The number of nitrogens with one attached hydrogen (secondary N) is 1. The summed E-state index contributed by atoms with van der Waals surface area (Å²) in [5.74, 6) is 0.643. The Morgan fingerprint density at radius 2 is 1.85 bits per heavy atom. The van der Waals surface area contributed by atoms with E-state index in [-0.39, 0.29) is 18.2 Å². The van der Waals surface area contributed by atoms with Crippen LogP contribution in [0.3, 0.4) is 0 Å². The number of fused-ring (bicyclic) bond motifs is 1. The normalized spacial score (nSPS) is 10.7. The fourth-order valence-electron chi connectivity index (χ4n) is 2.74. The molecule has 4 rings (SSSR count). The second-order valence-corrected chi connectivity index (χ2v) is 6.11. The van der Waals surface area contributed by atoms with Crippen LogP contribution < -0.4 is 5.32 Å². The van der Waals surface area contributed by atoms with Gasteiger partial charge in [-0.05, 0) is 56.7 Å². The van der Waals surface area contributed by atoms with Crippen molar-refractivity contribution in [2.45, 2.75) is 20.8 Å². The smallest absolute Gasteiger partial charge is 0.261 e. The molecule has 0 radical (unpaired) electrons. The van der Waals surface area contributed by atoms with Crippen LogP contribution in [0.2, 0.25) is 0 Å². The predicted octanol–water partition coefficient (Wildman–Crippen LogP) is 4.91. The fraction of sp³-hybridized carbons (Fsp3) is 0.158. The lowest BCUT2D eigenvalue weighted by atomic mass is 10.1. The monoisotopic (exact) mass is 385 g/mol. The molecule has 0 aliphatic rings. The van der Waals surface area contributed by atoms with Gasteiger partial charge < -0.3 is 9.84 Å². The van der Waals surface area contributed by atoms with E-state index in [0.29, 0.717) is 28.5 Å². The van der Waals surface area contributed by atoms with Gasteiger partial charge in [-0.25, -0.2) is 14.4 Å². The zero-order valence-corrected chi connectivity index (χ0v) is 15.8. The van der Waals surface area contributed by atoms with Crippen LogP contribution in [-0.2, 0) is 0 Å². The van der Waals surface area contributed by atoms with Crippen molar-refractivity contribution >= 4 is 34.8 Å². The molecule has 1 aromatic carbocycles. The molecule has 1 N–H and O–H groups in total. The first-order valence-electron chi connectivity index (χ1n) is 8.11. The van der Waals surface area contributed by atoms with Gasteiger partial charge in [-0.2, -0.15) is 4.98 Å². The quantitative estimate of drug-likeness (QED) is 0.540. The van der Waals surface area contributed by atoms with E-state index in [2.05, 4.69) is 25.4 Å². The van der Waals surface area contributed by atoms with E-state index in [9.17, 15) is 4.39 Å². The van der Waals surface area contributed by atoms with Crippen molar-refractivity contribution in [3.63, 3.8) is 0 Å². The minimum Gasteiger partial charge on any atom is -0.354 e. The highest BCUT2D eigenvalue weighted by atomic mass is 35.5. The highest BCUT2D eigenvalue weighted by molar-refractivity contribution is 5.98. The number of pyridine rings is 2. The van der Waals surface area contributed by atoms with Crippen molar-refractivity contribution in [1.29, 1.82) is 0 Å². The number of hydrogen-bond donors (Lipinski definition) is 1. The van der Waals surface area contributed by atoms with E-state index < -0.39 is 0 Å². The molecule has 0 aliphatic carbocycles. The number of nitrogens with zero attached hydrogens (tertiary/aromatic N) is 4. The van der Waals surface area contributed by atoms with Crippen LogP contribution >= 0.6 is 12.4 Å². The summed E-state index contributed by atoms with van der Waals surface area (Å²) in [7, 11) is 0. The Bertz CT molecular complexity index is 1130. The van der Waals surface area contributed by atoms with Crippen molar-refractivity contribution in [3.05, 3.63) is 59.4 Å². The maximum Gasteiger partial charge on any atom is 0.261 e. The highest BCUT2D eigenvalue weighted by Gasteiger charge is 2.17. The maximum absolute atomic E-state index is 13.6. The number of rotatable bonds is 3. The van der Waals surface area contributed by atoms with E-state index >= 15 is 0 Å². The summed E-state index contributed by atoms with van der Waals surface area (Å²) in [5, 5.41) is 8.00. The third-order valence-corrected chi connectivity index (χ3v) is 4.05. The summed E-state index contributed by atoms with van der Waals surface area (Å²) in [6.07, 6.45) is 1.65. The van der Waals surface area contributed by atoms with Gasteiger partial charge in [-0.15, -0.1) is 12.4 Å². The zero-order valence-electron chi connectivity index (χ0n) is 14.9. The van der Waals surface area contributed by atoms with Crippen molar-refractivity contribution in [1.82, 2.24) is 20.1 Å². The molecule has 0 saturated heterocycles. The molecule has 3 heterocycles. The molecule has 0 aliphatic heterocycles. The minimum atomic E-state index is -0.250. The number of aryl methyl sites for hydroxylation is 3. The topological polar surface area (TPSA) is 76.7 Å². The number of halogens is 2. The van der Waals surface area contributed by atoms with Gasteiger partial charge in [0.05, 0.1) is 11.3 Å². The maximum atomic E-state index is 13.6. The molecule has 0 spiro atoms. The van der Waals surface area contributed by atoms with Gasteiger partial charge >= 0.3 is 0 Å². The van der Waals surface area contributed by atoms with Crippen molar-refractivity contribution in [2.24, 2.45) is 0 Å². The highest BCUT2D eigenvalue weighted by Crippen LogP contribution is 2.34. The van der Waals surface area contributed by atoms with E-state index in [1.54, 1.807) is 32.2 Å². The van der Waals surface area contributed by atoms with E-state index in [1.165, 1.54) is 6.07 Å². The van der Waals surface area contributed by atoms with Crippen molar-refractivity contribution in [3.8, 4) is 11.5 Å². The lowest BCUT2D eigenvalue weighted by molar-refractivity contribution is 0.425. The number of benzene rings is 1. The second kappa shape index (κ2) is 7.28. The Hall–Kier alpha value is -3.06. The largest absolute Gasteiger partial charge is 0.354 e. The molecule has 0 amide bonds. The molecule has 4 aromatic rings. The van der Waals surface area contributed by atoms with Gasteiger partial charge in [0.2, 0.25) is 0 Å². The van der Waals surface area contributed by atoms with Crippen LogP contribution in [0.1, 0.15) is 17.1 Å². The van der Waals surface area contributed by atoms with E-state index in [1.807, 2.05) is 19.1 Å². The van der Waals surface area contributed by atoms with E-state index in [4.69, 9.17) is 4.52 Å². The molecule has 3 aromatic heterocycles. The van der Waals surface area contributed by atoms with Crippen LogP contribution in [0.4, 0.5) is 15.8 Å². The van der Waals surface area contributed by atoms with E-state index in [0.717, 1.165) is 22.5 Å². The molecular formula is C19H17ClFN5O. The van der Waals surface area contributed by atoms with Gasteiger partial charge in [-0.3, -0.25) is 0 Å². The second-order valence-electron chi connectivity index (χ2n) is 6.11. The van der Waals surface area contributed by atoms with Gasteiger partial charge in [-0.1, -0.05) is 5.16 Å². The third kappa shape index (κ3) is 3.59. The average Bonchev–Trinajstić information content (AvgIpc) is 3.04. The Labute approximate surface area is 161 Å². The van der Waals surface area contributed by atoms with Gasteiger partial charge in [0.1, 0.15) is 5.82 Å². The Balaban J connectivity index is 0.00000210. The summed E-state index contributed by atoms with van der Waals surface area (Å²) < 4.78 is 18.9. The summed E-state index contributed by atoms with van der Waals surface area (Å²) >= 11 is 0. The Kier molecular flexibility index (Phi) is 5.05. The first-order valence-corrected chi connectivity index (χ1v) is 8.11. The fourth-order valence-corrected chi connectivity index (χ4v) is 2.74. The molecule has 8 heteroatoms. The van der Waals surface area contributed by atoms with Gasteiger partial charge in [0.15, 0.2) is 11.5 Å². The van der Waals surface area contributed by atoms with Crippen LogP contribution in [0, 0.1) is 26.6 Å². The molecule has 138 valence electrons. The van der Waals surface area contributed by atoms with Gasteiger partial charge in [0, 0.05) is 23.0 Å². The minimum absolute atomic E-state index is 0. The average molecular weight is 386 g/mol. The Morgan fingerprint density at radius 1 is 1.04 bits per heavy atom. The molecule has 0 unspecified atom stereocenters. The van der Waals surface area contributed by atoms with Crippen LogP contribution in [-0.4, -0.2) is 20.1 Å². The molecule has 0 bridgehead atoms. The Morgan fingerprint density at radius 3 is 2.56 bits per heavy atom. The first-order chi connectivity index (χ1) is 12.5. The summed E-state index contributed by atoms with van der Waals surface area (Å²) in [4.78, 5) is 13.2. The number of aromatic nitrogens is 4. The van der Waals surface area contributed by atoms with Crippen molar-refractivity contribution in [2.75, 3.05) is 5.32 Å². The lowest BCUT2D eigenvalue weighted by Crippen LogP contribution is -1.99. The molecule has 0 fully saturated rings. The summed E-state index contributed by atoms with van der Waals surface area (Å²) in [6.45, 7) is 5.38. The number of anilines is 2. The number of hydrogen-bond acceptors (Lipinski definition) is 6. The SMILES string of the molecule is Cc1ccc2c(Nc3ccc(F)c(C)c3)c(-c3nc(C)no3)cnc2n1.Cl. The molecule has 0 atom stereocenters. The summed E-state index contributed by atoms with van der Waals surface area (Å²) in [5.41, 5.74) is 4.16. The van der Waals surface area contributed by atoms with Crippen LogP contribution in [0.15, 0.2) is 41.1 Å². The standard InChI is InChI=1S/C19H16FN5O.ClH/c1-10-8-13(5-7-16(10)20)24-17-14-6-4-11(2)22-18(14)21-9-15(17)19-23-12(3)25-26-19;/h4-9H,1-3H3,(H,21,22,24);1H. The molecular weight excluding hydrogens is 369 g/mol. The predicted molar refractivity (Wildman–Crippen MR) is 104 cm³/mol. The van der Waals surface area contributed by atoms with Gasteiger partial charge in [0.25, 0.3) is 5.89 Å².